The minimum Gasteiger partial charge on any atom is -0.348 e. The van der Waals surface area contributed by atoms with Gasteiger partial charge >= 0.3 is 0 Å². The fourth-order valence-corrected chi connectivity index (χ4v) is 5.88. The molecule has 2 fully saturated rings. The predicted octanol–water partition coefficient (Wildman–Crippen LogP) is 3.72. The average molecular weight is 467 g/mol. The Bertz CT molecular complexity index is 1340. The van der Waals surface area contributed by atoms with Gasteiger partial charge in [0, 0.05) is 43.1 Å². The van der Waals surface area contributed by atoms with Crippen molar-refractivity contribution in [2.24, 2.45) is 0 Å². The van der Waals surface area contributed by atoms with Crippen LogP contribution in [-0.2, 0) is 0 Å². The molecule has 2 unspecified atom stereocenters. The highest BCUT2D eigenvalue weighted by Gasteiger charge is 2.35. The third-order valence-electron chi connectivity index (χ3n) is 6.49. The normalized spacial score (nSPS) is 22.1. The lowest BCUT2D eigenvalue weighted by Crippen LogP contribution is -2.47. The fourth-order valence-electron chi connectivity index (χ4n) is 4.94. The van der Waals surface area contributed by atoms with Gasteiger partial charge in [-0.05, 0) is 38.7 Å². The summed E-state index contributed by atoms with van der Waals surface area (Å²) in [5.74, 6) is 0.593. The molecule has 2 aliphatic heterocycles. The molecule has 1 N–H and O–H groups in total. The van der Waals surface area contributed by atoms with E-state index in [0.717, 1.165) is 26.7 Å². The van der Waals surface area contributed by atoms with Crippen molar-refractivity contribution in [2.75, 3.05) is 11.9 Å². The second-order valence-corrected chi connectivity index (χ2v) is 9.58. The molecule has 0 radical (unpaired) electrons. The van der Waals surface area contributed by atoms with Gasteiger partial charge in [0.15, 0.2) is 16.6 Å². The van der Waals surface area contributed by atoms with Gasteiger partial charge in [0.25, 0.3) is 0 Å². The molecule has 4 aromatic heterocycles. The van der Waals surface area contributed by atoms with Crippen molar-refractivity contribution in [3.05, 3.63) is 35.9 Å². The molecule has 164 valence electrons. The molecule has 10 heteroatoms. The van der Waals surface area contributed by atoms with E-state index < -0.39 is 0 Å². The monoisotopic (exact) mass is 466 g/mol. The molecule has 4 aromatic rings. The fraction of sp³-hybridized carbons (Fsp3) is 0.409. The standard InChI is InChI=1S/C22H22N8S.ClH/c1-12-10-30-11-14(5-13(8-23)20(30)25-12)19-24-9-18-21(28-19)31-22(27-18)29(2)17-6-15-3-4-16(7-17)26-15;/h5,9-11,15-17,26H,3-4,6-7H2,1-2H3;1H. The van der Waals surface area contributed by atoms with Crippen molar-refractivity contribution >= 4 is 44.9 Å². The first-order chi connectivity index (χ1) is 15.1. The maximum absolute atomic E-state index is 9.56. The van der Waals surface area contributed by atoms with Gasteiger partial charge in [0.2, 0.25) is 0 Å². The molecule has 2 atom stereocenters. The zero-order valence-corrected chi connectivity index (χ0v) is 19.4. The smallest absolute Gasteiger partial charge is 0.187 e. The zero-order valence-electron chi connectivity index (χ0n) is 17.8. The van der Waals surface area contributed by atoms with E-state index in [2.05, 4.69) is 33.3 Å². The summed E-state index contributed by atoms with van der Waals surface area (Å²) in [6, 6.07) is 5.84. The summed E-state index contributed by atoms with van der Waals surface area (Å²) in [5, 5.41) is 14.3. The Morgan fingerprint density at radius 2 is 1.97 bits per heavy atom. The highest BCUT2D eigenvalue weighted by Crippen LogP contribution is 2.35. The third-order valence-corrected chi connectivity index (χ3v) is 7.54. The average Bonchev–Trinajstić information content (AvgIpc) is 3.46. The van der Waals surface area contributed by atoms with E-state index in [9.17, 15) is 5.26 Å². The Kier molecular flexibility index (Phi) is 5.24. The molecule has 2 saturated heterocycles. The number of halogens is 1. The van der Waals surface area contributed by atoms with Crippen molar-refractivity contribution in [3.8, 4) is 17.5 Å². The molecular formula is C22H23ClN8S. The van der Waals surface area contributed by atoms with Crippen LogP contribution in [0, 0.1) is 18.3 Å². The Morgan fingerprint density at radius 3 is 2.72 bits per heavy atom. The van der Waals surface area contributed by atoms with E-state index in [-0.39, 0.29) is 12.4 Å². The van der Waals surface area contributed by atoms with Crippen molar-refractivity contribution in [1.29, 1.82) is 5.26 Å². The summed E-state index contributed by atoms with van der Waals surface area (Å²) in [4.78, 5) is 21.8. The van der Waals surface area contributed by atoms with Crippen LogP contribution in [-0.4, -0.2) is 49.5 Å². The second kappa shape index (κ2) is 7.96. The number of nitrogens with one attached hydrogen (secondary N) is 1. The van der Waals surface area contributed by atoms with E-state index in [4.69, 9.17) is 9.97 Å². The summed E-state index contributed by atoms with van der Waals surface area (Å²) in [7, 11) is 2.15. The maximum atomic E-state index is 9.56. The first-order valence-electron chi connectivity index (χ1n) is 10.6. The Hall–Kier alpha value is -2.80. The van der Waals surface area contributed by atoms with Crippen molar-refractivity contribution in [3.63, 3.8) is 0 Å². The quantitative estimate of drug-likeness (QED) is 0.491. The van der Waals surface area contributed by atoms with E-state index in [1.165, 1.54) is 25.7 Å². The predicted molar refractivity (Wildman–Crippen MR) is 127 cm³/mol. The highest BCUT2D eigenvalue weighted by atomic mass is 35.5. The number of hydrogen-bond donors (Lipinski definition) is 1. The number of nitriles is 1. The van der Waals surface area contributed by atoms with Gasteiger partial charge in [-0.15, -0.1) is 12.4 Å². The molecule has 0 saturated carbocycles. The molecule has 0 spiro atoms. The Morgan fingerprint density at radius 1 is 1.19 bits per heavy atom. The minimum absolute atomic E-state index is 0. The summed E-state index contributed by atoms with van der Waals surface area (Å²) in [6.45, 7) is 1.92. The number of pyridine rings is 1. The molecule has 0 amide bonds. The van der Waals surface area contributed by atoms with E-state index >= 15 is 0 Å². The highest BCUT2D eigenvalue weighted by molar-refractivity contribution is 7.21. The van der Waals surface area contributed by atoms with Crippen molar-refractivity contribution in [1.82, 2.24) is 29.7 Å². The van der Waals surface area contributed by atoms with Crippen LogP contribution in [0.5, 0.6) is 0 Å². The summed E-state index contributed by atoms with van der Waals surface area (Å²) < 4.78 is 1.87. The van der Waals surface area contributed by atoms with E-state index in [1.807, 2.05) is 29.8 Å². The minimum atomic E-state index is 0. The molecule has 32 heavy (non-hydrogen) atoms. The molecule has 2 aliphatic rings. The summed E-state index contributed by atoms with van der Waals surface area (Å²) >= 11 is 1.61. The number of thiazole rings is 1. The van der Waals surface area contributed by atoms with Crippen LogP contribution >= 0.6 is 23.7 Å². The Labute approximate surface area is 195 Å². The number of fused-ring (bicyclic) bond motifs is 4. The number of hydrogen-bond acceptors (Lipinski definition) is 8. The first kappa shape index (κ1) is 21.1. The van der Waals surface area contributed by atoms with Gasteiger partial charge in [-0.3, -0.25) is 0 Å². The SMILES string of the molecule is Cc1cn2cc(-c3ncc4nc(N(C)C5CC6CCC(C5)N6)sc4n3)cc(C#N)c2n1.Cl. The van der Waals surface area contributed by atoms with E-state index in [1.54, 1.807) is 17.5 Å². The molecule has 0 aromatic carbocycles. The molecule has 8 nitrogen and oxygen atoms in total. The third kappa shape index (κ3) is 3.48. The Balaban J connectivity index is 0.00000216. The van der Waals surface area contributed by atoms with Gasteiger partial charge in [0.05, 0.1) is 17.5 Å². The van der Waals surface area contributed by atoms with Gasteiger partial charge in [-0.1, -0.05) is 11.3 Å². The number of piperidine rings is 1. The summed E-state index contributed by atoms with van der Waals surface area (Å²) in [5.41, 5.74) is 3.64. The van der Waals surface area contributed by atoms with Crippen LogP contribution in [0.3, 0.4) is 0 Å². The zero-order chi connectivity index (χ0) is 21.1. The molecular weight excluding hydrogens is 444 g/mol. The lowest BCUT2D eigenvalue weighted by Gasteiger charge is -2.35. The van der Waals surface area contributed by atoms with Crippen LogP contribution in [0.4, 0.5) is 5.13 Å². The maximum Gasteiger partial charge on any atom is 0.187 e. The molecule has 2 bridgehead atoms. The number of aromatic nitrogens is 5. The van der Waals surface area contributed by atoms with E-state index in [0.29, 0.717) is 35.2 Å². The lowest BCUT2D eigenvalue weighted by molar-refractivity contribution is 0.354. The van der Waals surface area contributed by atoms with Crippen molar-refractivity contribution in [2.45, 2.75) is 50.7 Å². The van der Waals surface area contributed by atoms with Crippen LogP contribution in [0.2, 0.25) is 0 Å². The number of anilines is 1. The summed E-state index contributed by atoms with van der Waals surface area (Å²) in [6.07, 6.45) is 10.5. The molecule has 6 rings (SSSR count). The number of rotatable bonds is 3. The van der Waals surface area contributed by atoms with Gasteiger partial charge in [-0.25, -0.2) is 19.9 Å². The molecule has 6 heterocycles. The van der Waals surface area contributed by atoms with Crippen LogP contribution < -0.4 is 10.2 Å². The van der Waals surface area contributed by atoms with Crippen LogP contribution in [0.15, 0.2) is 24.7 Å². The molecule has 0 aliphatic carbocycles. The van der Waals surface area contributed by atoms with Crippen molar-refractivity contribution < 1.29 is 0 Å². The van der Waals surface area contributed by atoms with Gasteiger partial charge in [0.1, 0.15) is 16.4 Å². The second-order valence-electron chi connectivity index (χ2n) is 8.62. The number of nitrogens with zero attached hydrogens (tertiary/aromatic N) is 7. The first-order valence-corrected chi connectivity index (χ1v) is 11.4. The van der Waals surface area contributed by atoms with Gasteiger partial charge in [-0.2, -0.15) is 5.26 Å². The number of aryl methyl sites for hydroxylation is 1. The number of imidazole rings is 1. The topological polar surface area (TPSA) is 95.0 Å². The largest absolute Gasteiger partial charge is 0.348 e. The lowest BCUT2D eigenvalue weighted by atomic mass is 9.99. The van der Waals surface area contributed by atoms with Crippen LogP contribution in [0.1, 0.15) is 36.9 Å². The van der Waals surface area contributed by atoms with Crippen LogP contribution in [0.25, 0.3) is 27.4 Å². The van der Waals surface area contributed by atoms with Gasteiger partial charge < -0.3 is 14.6 Å².